The number of sulfone groups is 1. The fourth-order valence-electron chi connectivity index (χ4n) is 7.63. The maximum absolute atomic E-state index is 12.9. The van der Waals surface area contributed by atoms with Gasteiger partial charge in [0.1, 0.15) is 23.2 Å². The van der Waals surface area contributed by atoms with Crippen molar-refractivity contribution >= 4 is 56.6 Å². The van der Waals surface area contributed by atoms with Crippen molar-refractivity contribution in [2.24, 2.45) is 0 Å². The molecule has 0 spiro atoms. The Hall–Kier alpha value is -4.39. The Morgan fingerprint density at radius 2 is 1.81 bits per heavy atom. The van der Waals surface area contributed by atoms with Gasteiger partial charge in [-0.1, -0.05) is 55.1 Å². The van der Waals surface area contributed by atoms with Gasteiger partial charge in [0.15, 0.2) is 22.3 Å². The number of benzene rings is 2. The second-order valence-electron chi connectivity index (χ2n) is 15.2. The van der Waals surface area contributed by atoms with E-state index in [0.29, 0.717) is 35.1 Å². The zero-order valence-electron chi connectivity index (χ0n) is 32.8. The van der Waals surface area contributed by atoms with Crippen molar-refractivity contribution in [1.29, 1.82) is 0 Å². The summed E-state index contributed by atoms with van der Waals surface area (Å²) in [6.45, 7) is 6.37. The lowest BCUT2D eigenvalue weighted by Gasteiger charge is -2.34. The van der Waals surface area contributed by atoms with E-state index in [9.17, 15) is 33.0 Å². The molecule has 0 saturated carbocycles. The van der Waals surface area contributed by atoms with E-state index in [1.807, 2.05) is 0 Å². The van der Waals surface area contributed by atoms with Gasteiger partial charge < -0.3 is 35.8 Å². The minimum atomic E-state index is -3.53. The molecule has 58 heavy (non-hydrogen) atoms. The summed E-state index contributed by atoms with van der Waals surface area (Å²) in [5.41, 5.74) is 1.08. The summed E-state index contributed by atoms with van der Waals surface area (Å²) in [7, 11) is -3.53. The largest absolute Gasteiger partial charge is 0.483 e. The highest BCUT2D eigenvalue weighted by molar-refractivity contribution is 7.92. The number of likely N-dealkylation sites (tertiary alicyclic amines) is 1. The van der Waals surface area contributed by atoms with Gasteiger partial charge in [-0.25, -0.2) is 18.3 Å². The lowest BCUT2D eigenvalue weighted by molar-refractivity contribution is -0.154. The number of anilines is 3. The highest BCUT2D eigenvalue weighted by Crippen LogP contribution is 2.46. The first-order valence-corrected chi connectivity index (χ1v) is 21.9. The molecule has 3 amide bonds. The number of piperidine rings is 2. The Kier molecular flexibility index (Phi) is 14.6. The number of amides is 3. The second kappa shape index (κ2) is 19.6. The number of carbonyl (C=O) groups excluding carboxylic acids is 3. The van der Waals surface area contributed by atoms with Crippen LogP contribution in [0.15, 0.2) is 53.6 Å². The summed E-state index contributed by atoms with van der Waals surface area (Å²) in [5, 5.41) is 33.4. The van der Waals surface area contributed by atoms with Crippen molar-refractivity contribution in [3.8, 4) is 5.75 Å². The molecule has 4 atom stereocenters. The van der Waals surface area contributed by atoms with Gasteiger partial charge in [0.05, 0.1) is 28.1 Å². The molecule has 3 aromatic rings. The van der Waals surface area contributed by atoms with Crippen LogP contribution < -0.4 is 26.0 Å². The minimum Gasteiger partial charge on any atom is -0.483 e. The smallest absolute Gasteiger partial charge is 0.257 e. The van der Waals surface area contributed by atoms with Crippen LogP contribution in [0.4, 0.5) is 17.5 Å². The van der Waals surface area contributed by atoms with Gasteiger partial charge in [-0.2, -0.15) is 4.98 Å². The van der Waals surface area contributed by atoms with Crippen molar-refractivity contribution in [3.05, 3.63) is 64.8 Å². The van der Waals surface area contributed by atoms with E-state index in [0.717, 1.165) is 64.6 Å². The highest BCUT2D eigenvalue weighted by atomic mass is 35.5. The summed E-state index contributed by atoms with van der Waals surface area (Å²) in [6, 6.07) is 10.9. The molecule has 6 rings (SSSR count). The minimum absolute atomic E-state index is 0.101. The molecule has 18 heteroatoms. The van der Waals surface area contributed by atoms with Gasteiger partial charge in [-0.15, -0.1) is 0 Å². The molecule has 6 N–H and O–H groups in total. The number of unbranched alkanes of at least 4 members (excludes halogenated alkanes) is 4. The zero-order valence-corrected chi connectivity index (χ0v) is 34.4. The Morgan fingerprint density at radius 1 is 1.03 bits per heavy atom. The number of aliphatic hydroxyl groups is 2. The normalized spacial score (nSPS) is 21.4. The van der Waals surface area contributed by atoms with Gasteiger partial charge in [0.25, 0.3) is 5.91 Å². The van der Waals surface area contributed by atoms with Crippen LogP contribution in [0.5, 0.6) is 5.75 Å². The Morgan fingerprint density at radius 3 is 2.60 bits per heavy atom. The van der Waals surface area contributed by atoms with Gasteiger partial charge in [-0.3, -0.25) is 19.7 Å². The molecule has 2 aromatic carbocycles. The van der Waals surface area contributed by atoms with Crippen LogP contribution in [0.1, 0.15) is 95.2 Å². The molecule has 4 heterocycles. The van der Waals surface area contributed by atoms with Crippen molar-refractivity contribution in [2.75, 3.05) is 43.4 Å². The summed E-state index contributed by atoms with van der Waals surface area (Å²) in [5.74, 6) is -0.291. The molecule has 0 radical (unpaired) electrons. The molecule has 314 valence electrons. The molecular formula is C40H53ClN8O8S. The molecule has 2 saturated heterocycles. The molecule has 3 unspecified atom stereocenters. The maximum Gasteiger partial charge on any atom is 0.257 e. The lowest BCUT2D eigenvalue weighted by atomic mass is 10.0. The number of rotatable bonds is 18. The third kappa shape index (κ3) is 10.4. The number of carbonyl (C=O) groups is 3. The molecule has 16 nitrogen and oxygen atoms in total. The number of hydrogen-bond donors (Lipinski definition) is 6. The predicted molar refractivity (Wildman–Crippen MR) is 218 cm³/mol. The van der Waals surface area contributed by atoms with E-state index in [1.165, 1.54) is 11.1 Å². The summed E-state index contributed by atoms with van der Waals surface area (Å²) >= 11 is 6.43. The average molecular weight is 841 g/mol. The number of nitrogens with one attached hydrogen (secondary N) is 4. The van der Waals surface area contributed by atoms with E-state index in [4.69, 9.17) is 16.3 Å². The maximum atomic E-state index is 12.9. The van der Waals surface area contributed by atoms with E-state index in [2.05, 4.69) is 36.1 Å². The van der Waals surface area contributed by atoms with Gasteiger partial charge in [0, 0.05) is 36.7 Å². The molecule has 3 aliphatic rings. The first kappa shape index (κ1) is 43.2. The van der Waals surface area contributed by atoms with Crippen LogP contribution in [0.3, 0.4) is 0 Å². The monoisotopic (exact) mass is 840 g/mol. The number of para-hydroxylation sites is 1. The zero-order chi connectivity index (χ0) is 41.4. The third-order valence-electron chi connectivity index (χ3n) is 10.8. The van der Waals surface area contributed by atoms with Crippen LogP contribution in [-0.4, -0.2) is 106 Å². The predicted octanol–water partition coefficient (Wildman–Crippen LogP) is 4.18. The third-order valence-corrected chi connectivity index (χ3v) is 13.2. The molecule has 1 aromatic heterocycles. The van der Waals surface area contributed by atoms with Crippen molar-refractivity contribution in [1.82, 2.24) is 30.4 Å². The highest BCUT2D eigenvalue weighted by Gasteiger charge is 2.46. The summed E-state index contributed by atoms with van der Waals surface area (Å²) in [4.78, 5) is 49.5. The fraction of sp³-hybridized carbons (Fsp3) is 0.525. The van der Waals surface area contributed by atoms with E-state index in [1.54, 1.807) is 56.3 Å². The first-order chi connectivity index (χ1) is 27.8. The quantitative estimate of drug-likeness (QED) is 0.0784. The summed E-state index contributed by atoms with van der Waals surface area (Å²) in [6.07, 6.45) is 6.12. The Labute approximate surface area is 344 Å². The number of fused-ring (bicyclic) bond motifs is 1. The first-order valence-electron chi connectivity index (χ1n) is 19.9. The van der Waals surface area contributed by atoms with Crippen molar-refractivity contribution in [3.63, 3.8) is 0 Å². The second-order valence-corrected chi connectivity index (χ2v) is 18.1. The van der Waals surface area contributed by atoms with E-state index < -0.39 is 45.4 Å². The average Bonchev–Trinajstić information content (AvgIpc) is 3.45. The van der Waals surface area contributed by atoms with Crippen LogP contribution in [0.2, 0.25) is 5.02 Å². The topological polar surface area (TPSA) is 215 Å². The van der Waals surface area contributed by atoms with Crippen LogP contribution in [0, 0.1) is 0 Å². The van der Waals surface area contributed by atoms with Crippen LogP contribution in [0.25, 0.3) is 0 Å². The standard InChI is InChI=1S/C40H53ClN8O8S/c1-25(2)58(55,56)32-16-7-6-14-29(32)45-36-28(41)22-43-40(47-36)44-26-12-11-21-48(23-26)20-9-5-3-4-8-19-42-34(51)24-57-31-15-10-13-27-35(31)39(54)49(38(27)53)30-17-18-33(50)46-37(30)52/h6-7,10,13-16,22,25-26,30,38-39,53-54H,3-5,8-9,11-12,17-21,23-24H2,1-2H3,(H,42,51)(H,46,50,52)(H2,43,44,45,47)/t26-,30?,38?,39?/m1/s1. The molecule has 0 aliphatic carbocycles. The van der Waals surface area contributed by atoms with Crippen LogP contribution >= 0.6 is 11.6 Å². The number of halogens is 1. The number of imide groups is 1. The van der Waals surface area contributed by atoms with Crippen LogP contribution in [-0.2, 0) is 24.2 Å². The Bertz CT molecular complexity index is 2060. The Balaban J connectivity index is 0.870. The number of ether oxygens (including phenoxy) is 1. The molecule has 2 fully saturated rings. The SMILES string of the molecule is CC(C)S(=O)(=O)c1ccccc1Nc1nc(N[C@@H]2CCCN(CCCCCCCNC(=O)COc3cccc4c3C(O)N(C3CCC(=O)NC3=O)C4O)C2)ncc1Cl. The molecule has 3 aliphatic heterocycles. The van der Waals surface area contributed by atoms with E-state index >= 15 is 0 Å². The lowest BCUT2D eigenvalue weighted by Crippen LogP contribution is -2.52. The van der Waals surface area contributed by atoms with Gasteiger partial charge in [-0.05, 0) is 77.2 Å². The van der Waals surface area contributed by atoms with E-state index in [-0.39, 0.29) is 47.1 Å². The summed E-state index contributed by atoms with van der Waals surface area (Å²) < 4.78 is 31.7. The van der Waals surface area contributed by atoms with Gasteiger partial charge >= 0.3 is 0 Å². The number of aliphatic hydroxyl groups excluding tert-OH is 2. The number of hydrogen-bond acceptors (Lipinski definition) is 14. The van der Waals surface area contributed by atoms with Crippen molar-refractivity contribution in [2.45, 2.75) is 106 Å². The van der Waals surface area contributed by atoms with Gasteiger partial charge in [0.2, 0.25) is 17.8 Å². The molecular weight excluding hydrogens is 788 g/mol. The fourth-order valence-corrected chi connectivity index (χ4v) is 8.97. The molecule has 0 bridgehead atoms. The van der Waals surface area contributed by atoms with Crippen molar-refractivity contribution < 1.29 is 37.8 Å². The number of nitrogens with zero attached hydrogens (tertiary/aromatic N) is 4. The number of aromatic nitrogens is 2.